The Labute approximate surface area is 136 Å². The Morgan fingerprint density at radius 2 is 1.91 bits per heavy atom. The number of para-hydroxylation sites is 1. The summed E-state index contributed by atoms with van der Waals surface area (Å²) in [5.74, 6) is -0.445. The maximum atomic E-state index is 13.2. The van der Waals surface area contributed by atoms with Gasteiger partial charge in [-0.25, -0.2) is 4.39 Å². The summed E-state index contributed by atoms with van der Waals surface area (Å²) >= 11 is 0. The average Bonchev–Trinajstić information content (AvgIpc) is 2.49. The molecule has 1 atom stereocenters. The average molecular weight is 315 g/mol. The van der Waals surface area contributed by atoms with Crippen molar-refractivity contribution in [3.05, 3.63) is 65.0 Å². The molecular formula is C19H22FNO2. The molecule has 122 valence electrons. The van der Waals surface area contributed by atoms with Crippen molar-refractivity contribution >= 4 is 11.6 Å². The van der Waals surface area contributed by atoms with Crippen molar-refractivity contribution in [3.63, 3.8) is 0 Å². The van der Waals surface area contributed by atoms with Gasteiger partial charge in [0.2, 0.25) is 5.91 Å². The molecule has 2 rings (SSSR count). The number of hydrogen-bond donors (Lipinski definition) is 2. The summed E-state index contributed by atoms with van der Waals surface area (Å²) < 4.78 is 13.2. The van der Waals surface area contributed by atoms with Crippen LogP contribution < -0.4 is 5.32 Å². The summed E-state index contributed by atoms with van der Waals surface area (Å²) in [6.07, 6.45) is -1.15. The molecule has 23 heavy (non-hydrogen) atoms. The van der Waals surface area contributed by atoms with Gasteiger partial charge in [-0.15, -0.1) is 0 Å². The molecule has 1 unspecified atom stereocenters. The van der Waals surface area contributed by atoms with E-state index in [9.17, 15) is 14.3 Å². The van der Waals surface area contributed by atoms with E-state index in [4.69, 9.17) is 0 Å². The number of nitrogens with one attached hydrogen (secondary N) is 1. The second-order valence-corrected chi connectivity index (χ2v) is 6.02. The number of benzene rings is 2. The van der Waals surface area contributed by atoms with Crippen LogP contribution in [0.4, 0.5) is 10.1 Å². The minimum atomic E-state index is -1.03. The van der Waals surface area contributed by atoms with Crippen LogP contribution in [-0.2, 0) is 4.79 Å². The molecule has 0 fully saturated rings. The molecule has 0 radical (unpaired) electrons. The number of hydrogen-bond acceptors (Lipinski definition) is 2. The van der Waals surface area contributed by atoms with Crippen LogP contribution in [0.2, 0.25) is 0 Å². The molecule has 0 heterocycles. The SMILES string of the molecule is Cc1cccc(C(C)C)c1NC(=O)CC(O)c1cccc(F)c1. The molecule has 1 amide bonds. The predicted molar refractivity (Wildman–Crippen MR) is 89.9 cm³/mol. The van der Waals surface area contributed by atoms with Crippen molar-refractivity contribution in [3.8, 4) is 0 Å². The number of anilines is 1. The number of aliphatic hydroxyl groups excluding tert-OH is 1. The highest BCUT2D eigenvalue weighted by atomic mass is 19.1. The topological polar surface area (TPSA) is 49.3 Å². The van der Waals surface area contributed by atoms with Gasteiger partial charge >= 0.3 is 0 Å². The molecule has 2 N–H and O–H groups in total. The van der Waals surface area contributed by atoms with E-state index in [1.54, 1.807) is 6.07 Å². The lowest BCUT2D eigenvalue weighted by Crippen LogP contribution is -2.17. The summed E-state index contributed by atoms with van der Waals surface area (Å²) in [6.45, 7) is 6.06. The summed E-state index contributed by atoms with van der Waals surface area (Å²) in [7, 11) is 0. The Balaban J connectivity index is 2.11. The number of carbonyl (C=O) groups is 1. The number of halogens is 1. The Kier molecular flexibility index (Phi) is 5.50. The highest BCUT2D eigenvalue weighted by Crippen LogP contribution is 2.28. The van der Waals surface area contributed by atoms with Gasteiger partial charge < -0.3 is 10.4 Å². The first kappa shape index (κ1) is 17.2. The molecule has 0 aromatic heterocycles. The van der Waals surface area contributed by atoms with Crippen LogP contribution in [0.5, 0.6) is 0 Å². The first-order valence-corrected chi connectivity index (χ1v) is 7.71. The van der Waals surface area contributed by atoms with Gasteiger partial charge in [-0.05, 0) is 41.7 Å². The molecule has 0 spiro atoms. The zero-order valence-electron chi connectivity index (χ0n) is 13.6. The number of aliphatic hydroxyl groups is 1. The largest absolute Gasteiger partial charge is 0.388 e. The van der Waals surface area contributed by atoms with Crippen molar-refractivity contribution in [2.45, 2.75) is 39.2 Å². The Bertz CT molecular complexity index is 698. The smallest absolute Gasteiger partial charge is 0.227 e. The Morgan fingerprint density at radius 1 is 1.22 bits per heavy atom. The molecule has 4 heteroatoms. The number of rotatable bonds is 5. The van der Waals surface area contributed by atoms with Crippen molar-refractivity contribution in [2.24, 2.45) is 0 Å². The summed E-state index contributed by atoms with van der Waals surface area (Å²) in [4.78, 5) is 12.2. The normalized spacial score (nSPS) is 12.3. The van der Waals surface area contributed by atoms with Gasteiger partial charge in [-0.2, -0.15) is 0 Å². The van der Waals surface area contributed by atoms with E-state index >= 15 is 0 Å². The van der Waals surface area contributed by atoms with Crippen molar-refractivity contribution < 1.29 is 14.3 Å². The third-order valence-electron chi connectivity index (χ3n) is 3.80. The third kappa shape index (κ3) is 4.39. The monoisotopic (exact) mass is 315 g/mol. The van der Waals surface area contributed by atoms with Crippen LogP contribution >= 0.6 is 0 Å². The first-order valence-electron chi connectivity index (χ1n) is 7.71. The van der Waals surface area contributed by atoms with Crippen LogP contribution in [0.3, 0.4) is 0 Å². The van der Waals surface area contributed by atoms with Crippen molar-refractivity contribution in [1.29, 1.82) is 0 Å². The lowest BCUT2D eigenvalue weighted by molar-refractivity contribution is -0.118. The summed E-state index contributed by atoms with van der Waals surface area (Å²) in [5.41, 5.74) is 3.22. The third-order valence-corrected chi connectivity index (χ3v) is 3.80. The Hall–Kier alpha value is -2.20. The molecule has 0 aliphatic carbocycles. The quantitative estimate of drug-likeness (QED) is 0.863. The van der Waals surface area contributed by atoms with E-state index in [2.05, 4.69) is 19.2 Å². The van der Waals surface area contributed by atoms with E-state index in [0.717, 1.165) is 16.8 Å². The second kappa shape index (κ2) is 7.38. The molecule has 0 saturated carbocycles. The Morgan fingerprint density at radius 3 is 2.57 bits per heavy atom. The first-order chi connectivity index (χ1) is 10.9. The molecule has 0 bridgehead atoms. The van der Waals surface area contributed by atoms with Crippen LogP contribution in [0.1, 0.15) is 49.0 Å². The fraction of sp³-hybridized carbons (Fsp3) is 0.316. The molecule has 0 aliphatic rings. The van der Waals surface area contributed by atoms with Crippen molar-refractivity contribution in [2.75, 3.05) is 5.32 Å². The van der Waals surface area contributed by atoms with Gasteiger partial charge in [-0.1, -0.05) is 44.2 Å². The predicted octanol–water partition coefficient (Wildman–Crippen LogP) is 4.32. The lowest BCUT2D eigenvalue weighted by atomic mass is 9.98. The van der Waals surface area contributed by atoms with Gasteiger partial charge in [0, 0.05) is 5.69 Å². The van der Waals surface area contributed by atoms with Gasteiger partial charge in [0.05, 0.1) is 12.5 Å². The number of aryl methyl sites for hydroxylation is 1. The van der Waals surface area contributed by atoms with Gasteiger partial charge in [0.25, 0.3) is 0 Å². The summed E-state index contributed by atoms with van der Waals surface area (Å²) in [5, 5.41) is 13.0. The second-order valence-electron chi connectivity index (χ2n) is 6.02. The van der Waals surface area contributed by atoms with E-state index in [1.807, 2.05) is 25.1 Å². The van der Waals surface area contributed by atoms with Crippen LogP contribution in [0.15, 0.2) is 42.5 Å². The highest BCUT2D eigenvalue weighted by molar-refractivity contribution is 5.92. The molecule has 3 nitrogen and oxygen atoms in total. The zero-order chi connectivity index (χ0) is 17.0. The molecule has 2 aromatic rings. The maximum absolute atomic E-state index is 13.2. The minimum Gasteiger partial charge on any atom is -0.388 e. The fourth-order valence-corrected chi connectivity index (χ4v) is 2.54. The standard InChI is InChI=1S/C19H22FNO2/c1-12(2)16-9-4-6-13(3)19(16)21-18(23)11-17(22)14-7-5-8-15(20)10-14/h4-10,12,17,22H,11H2,1-3H3,(H,21,23). The van der Waals surface area contributed by atoms with Crippen LogP contribution in [0.25, 0.3) is 0 Å². The van der Waals surface area contributed by atoms with Crippen LogP contribution in [0, 0.1) is 12.7 Å². The van der Waals surface area contributed by atoms with Gasteiger partial charge in [0.1, 0.15) is 5.82 Å². The highest BCUT2D eigenvalue weighted by Gasteiger charge is 2.16. The minimum absolute atomic E-state index is 0.116. The van der Waals surface area contributed by atoms with Gasteiger partial charge in [0.15, 0.2) is 0 Å². The van der Waals surface area contributed by atoms with Crippen LogP contribution in [-0.4, -0.2) is 11.0 Å². The molecule has 0 aliphatic heterocycles. The van der Waals surface area contributed by atoms with Gasteiger partial charge in [-0.3, -0.25) is 4.79 Å². The molecule has 0 saturated heterocycles. The van der Waals surface area contributed by atoms with E-state index in [1.165, 1.54) is 18.2 Å². The zero-order valence-corrected chi connectivity index (χ0v) is 13.6. The fourth-order valence-electron chi connectivity index (χ4n) is 2.54. The number of carbonyl (C=O) groups excluding carboxylic acids is 1. The van der Waals surface area contributed by atoms with Crippen molar-refractivity contribution in [1.82, 2.24) is 0 Å². The summed E-state index contributed by atoms with van der Waals surface area (Å²) in [6, 6.07) is 11.5. The number of amides is 1. The lowest BCUT2D eigenvalue weighted by Gasteiger charge is -2.17. The maximum Gasteiger partial charge on any atom is 0.227 e. The molecule has 2 aromatic carbocycles. The molecular weight excluding hydrogens is 293 g/mol. The van der Waals surface area contributed by atoms with E-state index in [0.29, 0.717) is 5.56 Å². The van der Waals surface area contributed by atoms with E-state index in [-0.39, 0.29) is 18.2 Å². The van der Waals surface area contributed by atoms with E-state index < -0.39 is 11.9 Å².